The highest BCUT2D eigenvalue weighted by atomic mass is 32.2. The summed E-state index contributed by atoms with van der Waals surface area (Å²) in [6, 6.07) is 7.92. The average molecular weight is 385 g/mol. The van der Waals surface area contributed by atoms with Crippen molar-refractivity contribution in [2.75, 3.05) is 5.75 Å². The predicted octanol–water partition coefficient (Wildman–Crippen LogP) is 3.66. The van der Waals surface area contributed by atoms with Crippen LogP contribution in [0.15, 0.2) is 29.4 Å². The second-order valence-corrected chi connectivity index (χ2v) is 8.41. The lowest BCUT2D eigenvalue weighted by atomic mass is 10.0. The largest absolute Gasteiger partial charge is 0.350 e. The van der Waals surface area contributed by atoms with E-state index in [0.29, 0.717) is 23.3 Å². The zero-order valence-electron chi connectivity index (χ0n) is 15.6. The second-order valence-electron chi connectivity index (χ2n) is 7.47. The van der Waals surface area contributed by atoms with E-state index in [2.05, 4.69) is 20.1 Å². The predicted molar refractivity (Wildman–Crippen MR) is 104 cm³/mol. The van der Waals surface area contributed by atoms with Crippen LogP contribution in [-0.4, -0.2) is 32.2 Å². The molecule has 2 saturated carbocycles. The van der Waals surface area contributed by atoms with Gasteiger partial charge in [-0.2, -0.15) is 0 Å². The third-order valence-electron chi connectivity index (χ3n) is 5.03. The lowest BCUT2D eigenvalue weighted by Gasteiger charge is -2.13. The molecule has 0 bridgehead atoms. The molecule has 1 amide bonds. The number of carbonyl (C=O) groups is 2. The molecule has 2 fully saturated rings. The number of nitrogens with zero attached hydrogens (tertiary/aromatic N) is 3. The monoisotopic (exact) mass is 384 g/mol. The number of hydrogen-bond donors (Lipinski definition) is 1. The Balaban J connectivity index is 1.39. The molecule has 0 saturated heterocycles. The average Bonchev–Trinajstić information content (AvgIpc) is 3.58. The Morgan fingerprint density at radius 3 is 2.48 bits per heavy atom. The van der Waals surface area contributed by atoms with Gasteiger partial charge in [-0.3, -0.25) is 9.59 Å². The van der Waals surface area contributed by atoms with E-state index in [4.69, 9.17) is 0 Å². The quantitative estimate of drug-likeness (QED) is 0.555. The van der Waals surface area contributed by atoms with Crippen molar-refractivity contribution in [3.05, 3.63) is 41.2 Å². The van der Waals surface area contributed by atoms with Crippen molar-refractivity contribution < 1.29 is 9.59 Å². The van der Waals surface area contributed by atoms with Gasteiger partial charge in [0.05, 0.1) is 11.8 Å². The smallest absolute Gasteiger partial charge is 0.217 e. The molecule has 1 N–H and O–H groups in total. The lowest BCUT2D eigenvalue weighted by Crippen LogP contribution is -2.23. The zero-order valence-corrected chi connectivity index (χ0v) is 16.5. The van der Waals surface area contributed by atoms with Crippen molar-refractivity contribution in [3.63, 3.8) is 0 Å². The number of ketones is 1. The maximum Gasteiger partial charge on any atom is 0.217 e. The summed E-state index contributed by atoms with van der Waals surface area (Å²) in [5.74, 6) is 2.06. The molecule has 1 heterocycles. The third-order valence-corrected chi connectivity index (χ3v) is 5.97. The van der Waals surface area contributed by atoms with Gasteiger partial charge in [0.15, 0.2) is 10.9 Å². The number of rotatable bonds is 8. The summed E-state index contributed by atoms with van der Waals surface area (Å²) >= 11 is 1.49. The molecular formula is C20H24N4O2S. The SMILES string of the molecule is CC(=O)N[C@H](C)c1ccc(C(=O)CSc2nnc(C3CC3)n2C2CC2)cc1. The van der Waals surface area contributed by atoms with Crippen LogP contribution in [0.3, 0.4) is 0 Å². The summed E-state index contributed by atoms with van der Waals surface area (Å²) in [5, 5.41) is 12.5. The van der Waals surface area contributed by atoms with E-state index in [1.807, 2.05) is 31.2 Å². The van der Waals surface area contributed by atoms with Gasteiger partial charge in [0.25, 0.3) is 0 Å². The number of hydrogen-bond acceptors (Lipinski definition) is 5. The van der Waals surface area contributed by atoms with Gasteiger partial charge in [-0.25, -0.2) is 0 Å². The molecule has 6 nitrogen and oxygen atoms in total. The third kappa shape index (κ3) is 4.24. The molecule has 1 atom stereocenters. The minimum Gasteiger partial charge on any atom is -0.350 e. The van der Waals surface area contributed by atoms with Gasteiger partial charge in [0.2, 0.25) is 5.91 Å². The van der Waals surface area contributed by atoms with E-state index in [9.17, 15) is 9.59 Å². The molecule has 1 aromatic carbocycles. The number of aromatic nitrogens is 3. The van der Waals surface area contributed by atoms with Gasteiger partial charge >= 0.3 is 0 Å². The van der Waals surface area contributed by atoms with Crippen LogP contribution in [0.4, 0.5) is 0 Å². The maximum absolute atomic E-state index is 12.6. The van der Waals surface area contributed by atoms with Crippen molar-refractivity contribution in [2.45, 2.75) is 62.7 Å². The van der Waals surface area contributed by atoms with Crippen LogP contribution in [0.5, 0.6) is 0 Å². The molecule has 0 unspecified atom stereocenters. The van der Waals surface area contributed by atoms with Gasteiger partial charge in [-0.1, -0.05) is 36.0 Å². The van der Waals surface area contributed by atoms with Crippen molar-refractivity contribution in [3.8, 4) is 0 Å². The molecule has 142 valence electrons. The Labute approximate surface area is 163 Å². The van der Waals surface area contributed by atoms with Crippen LogP contribution in [-0.2, 0) is 4.79 Å². The van der Waals surface area contributed by atoms with Gasteiger partial charge in [0, 0.05) is 24.4 Å². The van der Waals surface area contributed by atoms with E-state index in [-0.39, 0.29) is 17.7 Å². The summed E-state index contributed by atoms with van der Waals surface area (Å²) in [6.45, 7) is 3.43. The topological polar surface area (TPSA) is 76.9 Å². The highest BCUT2D eigenvalue weighted by Gasteiger charge is 2.36. The first-order valence-electron chi connectivity index (χ1n) is 9.50. The van der Waals surface area contributed by atoms with Gasteiger partial charge < -0.3 is 9.88 Å². The van der Waals surface area contributed by atoms with Crippen LogP contribution in [0.1, 0.15) is 79.3 Å². The van der Waals surface area contributed by atoms with Crippen molar-refractivity contribution in [1.29, 1.82) is 0 Å². The number of carbonyl (C=O) groups excluding carboxylic acids is 2. The highest BCUT2D eigenvalue weighted by Crippen LogP contribution is 2.46. The molecule has 0 spiro atoms. The Morgan fingerprint density at radius 1 is 1.19 bits per heavy atom. The van der Waals surface area contributed by atoms with Gasteiger partial charge in [0.1, 0.15) is 5.82 Å². The standard InChI is InChI=1S/C20H24N4O2S/c1-12(21-13(2)25)14-3-5-15(6-4-14)18(26)11-27-20-23-22-19(16-7-8-16)24(20)17-9-10-17/h3-6,12,16-17H,7-11H2,1-2H3,(H,21,25)/t12-/m1/s1. The van der Waals surface area contributed by atoms with E-state index in [1.54, 1.807) is 0 Å². The molecule has 2 aliphatic rings. The summed E-state index contributed by atoms with van der Waals surface area (Å²) in [7, 11) is 0. The number of nitrogens with one attached hydrogen (secondary N) is 1. The normalized spacial score (nSPS) is 17.6. The van der Waals surface area contributed by atoms with E-state index < -0.39 is 0 Å². The molecular weight excluding hydrogens is 360 g/mol. The fourth-order valence-corrected chi connectivity index (χ4v) is 4.15. The Morgan fingerprint density at radius 2 is 1.89 bits per heavy atom. The Hall–Kier alpha value is -2.15. The van der Waals surface area contributed by atoms with Crippen molar-refractivity contribution in [2.24, 2.45) is 0 Å². The molecule has 2 aromatic rings. The summed E-state index contributed by atoms with van der Waals surface area (Å²) in [5.41, 5.74) is 1.66. The number of amides is 1. The first-order chi connectivity index (χ1) is 13.0. The van der Waals surface area contributed by atoms with E-state index >= 15 is 0 Å². The van der Waals surface area contributed by atoms with E-state index in [0.717, 1.165) is 16.5 Å². The van der Waals surface area contributed by atoms with Crippen LogP contribution >= 0.6 is 11.8 Å². The number of benzene rings is 1. The fraction of sp³-hybridized carbons (Fsp3) is 0.500. The van der Waals surface area contributed by atoms with Gasteiger partial charge in [-0.05, 0) is 38.2 Å². The van der Waals surface area contributed by atoms with Gasteiger partial charge in [-0.15, -0.1) is 10.2 Å². The molecule has 1 aromatic heterocycles. The Bertz CT molecular complexity index is 853. The van der Waals surface area contributed by atoms with Crippen molar-refractivity contribution in [1.82, 2.24) is 20.1 Å². The summed E-state index contributed by atoms with van der Waals surface area (Å²) < 4.78 is 2.27. The lowest BCUT2D eigenvalue weighted by molar-refractivity contribution is -0.119. The first kappa shape index (κ1) is 18.2. The molecule has 2 aliphatic carbocycles. The Kier molecular flexibility index (Phi) is 5.04. The van der Waals surface area contributed by atoms with Crippen LogP contribution in [0.25, 0.3) is 0 Å². The summed E-state index contributed by atoms with van der Waals surface area (Å²) in [6.07, 6.45) is 4.79. The number of Topliss-reactive ketones (excluding diaryl/α,β-unsaturated/α-hetero) is 1. The summed E-state index contributed by atoms with van der Waals surface area (Å²) in [4.78, 5) is 23.7. The molecule has 7 heteroatoms. The second kappa shape index (κ2) is 7.46. The maximum atomic E-state index is 12.6. The minimum absolute atomic E-state index is 0.0654. The fourth-order valence-electron chi connectivity index (χ4n) is 3.24. The van der Waals surface area contributed by atoms with E-state index in [1.165, 1.54) is 44.4 Å². The van der Waals surface area contributed by atoms with Crippen molar-refractivity contribution >= 4 is 23.5 Å². The molecule has 27 heavy (non-hydrogen) atoms. The van der Waals surface area contributed by atoms with Crippen LogP contribution in [0.2, 0.25) is 0 Å². The van der Waals surface area contributed by atoms with Crippen LogP contribution < -0.4 is 5.32 Å². The molecule has 0 radical (unpaired) electrons. The molecule has 4 rings (SSSR count). The molecule has 0 aliphatic heterocycles. The first-order valence-corrected chi connectivity index (χ1v) is 10.5. The zero-order chi connectivity index (χ0) is 19.0. The number of thioether (sulfide) groups is 1. The van der Waals surface area contributed by atoms with Crippen LogP contribution in [0, 0.1) is 0 Å². The highest BCUT2D eigenvalue weighted by molar-refractivity contribution is 7.99. The minimum atomic E-state index is -0.0704.